The van der Waals surface area contributed by atoms with Crippen LogP contribution >= 0.6 is 0 Å². The summed E-state index contributed by atoms with van der Waals surface area (Å²) in [4.78, 5) is 11.9. The fraction of sp³-hybridized carbons (Fsp3) is 0.533. The van der Waals surface area contributed by atoms with Crippen LogP contribution in [-0.4, -0.2) is 39.3 Å². The first-order chi connectivity index (χ1) is 9.60. The number of methoxy groups -OCH3 is 1. The summed E-state index contributed by atoms with van der Waals surface area (Å²) in [6.45, 7) is 5.41. The second kappa shape index (κ2) is 8.55. The Hall–Kier alpha value is -1.59. The fourth-order valence-electron chi connectivity index (χ4n) is 1.86. The molecule has 1 amide bonds. The van der Waals surface area contributed by atoms with Crippen molar-refractivity contribution in [1.29, 1.82) is 0 Å². The van der Waals surface area contributed by atoms with Gasteiger partial charge in [-0.05, 0) is 26.5 Å². The Morgan fingerprint density at radius 3 is 2.80 bits per heavy atom. The van der Waals surface area contributed by atoms with Crippen LogP contribution < -0.4 is 15.4 Å². The van der Waals surface area contributed by atoms with Gasteiger partial charge in [-0.2, -0.15) is 0 Å². The molecule has 0 radical (unpaired) electrons. The summed E-state index contributed by atoms with van der Waals surface area (Å²) in [6, 6.07) is 5.95. The second-order valence-electron chi connectivity index (χ2n) is 4.64. The van der Waals surface area contributed by atoms with Crippen molar-refractivity contribution in [3.63, 3.8) is 0 Å². The first-order valence-electron chi connectivity index (χ1n) is 6.76. The molecule has 0 saturated heterocycles. The molecule has 0 aliphatic heterocycles. The molecule has 1 aromatic carbocycles. The Morgan fingerprint density at radius 1 is 1.40 bits per heavy atom. The normalized spacial score (nSPS) is 12.0. The van der Waals surface area contributed by atoms with Crippen LogP contribution in [0.2, 0.25) is 0 Å². The summed E-state index contributed by atoms with van der Waals surface area (Å²) in [5.74, 6) is 0.636. The first kappa shape index (κ1) is 16.5. The molecule has 0 bridgehead atoms. The third-order valence-corrected chi connectivity index (χ3v) is 2.93. The minimum atomic E-state index is -0.538. The van der Waals surface area contributed by atoms with E-state index in [1.807, 2.05) is 32.2 Å². The zero-order chi connectivity index (χ0) is 15.0. The van der Waals surface area contributed by atoms with E-state index < -0.39 is 6.10 Å². The van der Waals surface area contributed by atoms with Crippen molar-refractivity contribution >= 4 is 5.91 Å². The van der Waals surface area contributed by atoms with Gasteiger partial charge in [-0.15, -0.1) is 0 Å². The van der Waals surface area contributed by atoms with Crippen LogP contribution in [0, 0.1) is 6.92 Å². The van der Waals surface area contributed by atoms with E-state index in [9.17, 15) is 4.79 Å². The van der Waals surface area contributed by atoms with Gasteiger partial charge in [0.25, 0.3) is 5.91 Å². The summed E-state index contributed by atoms with van der Waals surface area (Å²) < 4.78 is 10.7. The van der Waals surface area contributed by atoms with Gasteiger partial charge in [0.05, 0.1) is 6.61 Å². The quantitative estimate of drug-likeness (QED) is 0.704. The predicted octanol–water partition coefficient (Wildman–Crippen LogP) is 1.24. The smallest absolute Gasteiger partial charge is 0.260 e. The van der Waals surface area contributed by atoms with Crippen molar-refractivity contribution < 1.29 is 14.3 Å². The molecule has 0 aliphatic carbocycles. The number of hydrogen-bond acceptors (Lipinski definition) is 4. The lowest BCUT2D eigenvalue weighted by Gasteiger charge is -2.19. The molecular formula is C15H24N2O3. The van der Waals surface area contributed by atoms with E-state index in [0.717, 1.165) is 16.9 Å². The third kappa shape index (κ3) is 4.83. The van der Waals surface area contributed by atoms with E-state index >= 15 is 0 Å². The molecule has 0 saturated carbocycles. The topological polar surface area (TPSA) is 59.6 Å². The Bertz CT molecular complexity index is 435. The highest BCUT2D eigenvalue weighted by molar-refractivity contribution is 5.80. The largest absolute Gasteiger partial charge is 0.480 e. The minimum absolute atomic E-state index is 0.138. The molecule has 112 valence electrons. The molecular weight excluding hydrogens is 256 g/mol. The molecule has 1 rings (SSSR count). The van der Waals surface area contributed by atoms with Gasteiger partial charge < -0.3 is 20.1 Å². The zero-order valence-corrected chi connectivity index (χ0v) is 12.7. The zero-order valence-electron chi connectivity index (χ0n) is 12.7. The summed E-state index contributed by atoms with van der Waals surface area (Å²) in [7, 11) is 3.48. The highest BCUT2D eigenvalue weighted by Gasteiger charge is 2.17. The number of para-hydroxylation sites is 1. The van der Waals surface area contributed by atoms with E-state index in [4.69, 9.17) is 9.47 Å². The van der Waals surface area contributed by atoms with Gasteiger partial charge >= 0.3 is 0 Å². The van der Waals surface area contributed by atoms with Crippen LogP contribution in [0.15, 0.2) is 18.2 Å². The number of aryl methyl sites for hydroxylation is 1. The van der Waals surface area contributed by atoms with Gasteiger partial charge in [-0.25, -0.2) is 0 Å². The number of nitrogens with one attached hydrogen (secondary N) is 2. The number of amides is 1. The van der Waals surface area contributed by atoms with Gasteiger partial charge in [0.2, 0.25) is 0 Å². The first-order valence-corrected chi connectivity index (χ1v) is 6.76. The number of benzene rings is 1. The molecule has 0 fully saturated rings. The fourth-order valence-corrected chi connectivity index (χ4v) is 1.86. The lowest BCUT2D eigenvalue weighted by Crippen LogP contribution is -2.38. The molecule has 1 unspecified atom stereocenters. The van der Waals surface area contributed by atoms with Gasteiger partial charge in [-0.1, -0.05) is 18.2 Å². The molecule has 1 atom stereocenters. The van der Waals surface area contributed by atoms with Crippen molar-refractivity contribution in [2.24, 2.45) is 0 Å². The van der Waals surface area contributed by atoms with Crippen LogP contribution in [0.1, 0.15) is 18.1 Å². The number of ether oxygens (including phenoxy) is 2. The van der Waals surface area contributed by atoms with Crippen molar-refractivity contribution in [2.45, 2.75) is 26.5 Å². The SMILES string of the molecule is CNCc1cccc(C)c1OC(C)C(=O)NCCOC. The number of carbonyl (C=O) groups is 1. The van der Waals surface area contributed by atoms with Crippen LogP contribution in [0.3, 0.4) is 0 Å². The van der Waals surface area contributed by atoms with E-state index in [-0.39, 0.29) is 5.91 Å². The van der Waals surface area contributed by atoms with E-state index in [1.165, 1.54) is 0 Å². The van der Waals surface area contributed by atoms with Gasteiger partial charge in [0.1, 0.15) is 5.75 Å². The third-order valence-electron chi connectivity index (χ3n) is 2.93. The van der Waals surface area contributed by atoms with Crippen LogP contribution in [0.4, 0.5) is 0 Å². The molecule has 20 heavy (non-hydrogen) atoms. The average Bonchev–Trinajstić information content (AvgIpc) is 2.43. The lowest BCUT2D eigenvalue weighted by atomic mass is 10.1. The van der Waals surface area contributed by atoms with Crippen LogP contribution in [0.25, 0.3) is 0 Å². The van der Waals surface area contributed by atoms with Crippen molar-refractivity contribution in [3.8, 4) is 5.75 Å². The Kier molecular flexibility index (Phi) is 7.04. The second-order valence-corrected chi connectivity index (χ2v) is 4.64. The van der Waals surface area contributed by atoms with Crippen molar-refractivity contribution in [3.05, 3.63) is 29.3 Å². The molecule has 1 aromatic rings. The van der Waals surface area contributed by atoms with E-state index in [1.54, 1.807) is 14.0 Å². The molecule has 5 nitrogen and oxygen atoms in total. The van der Waals surface area contributed by atoms with Crippen molar-refractivity contribution in [1.82, 2.24) is 10.6 Å². The maximum absolute atomic E-state index is 11.9. The maximum atomic E-state index is 11.9. The highest BCUT2D eigenvalue weighted by Crippen LogP contribution is 2.24. The molecule has 2 N–H and O–H groups in total. The summed E-state index contributed by atoms with van der Waals surface area (Å²) in [5.41, 5.74) is 2.07. The standard InChI is InChI=1S/C15H24N2O3/c1-11-6-5-7-13(10-16-3)14(11)20-12(2)15(18)17-8-9-19-4/h5-7,12,16H,8-10H2,1-4H3,(H,17,18). The Balaban J connectivity index is 2.69. The van der Waals surface area contributed by atoms with E-state index in [0.29, 0.717) is 19.7 Å². The molecule has 5 heteroatoms. The van der Waals surface area contributed by atoms with Crippen LogP contribution in [-0.2, 0) is 16.1 Å². The summed E-state index contributed by atoms with van der Waals surface area (Å²) in [5, 5.41) is 5.87. The minimum Gasteiger partial charge on any atom is -0.480 e. The van der Waals surface area contributed by atoms with Gasteiger partial charge in [-0.3, -0.25) is 4.79 Å². The molecule has 0 aliphatic rings. The Morgan fingerprint density at radius 2 is 2.15 bits per heavy atom. The Labute approximate surface area is 120 Å². The average molecular weight is 280 g/mol. The highest BCUT2D eigenvalue weighted by atomic mass is 16.5. The van der Waals surface area contributed by atoms with E-state index in [2.05, 4.69) is 10.6 Å². The van der Waals surface area contributed by atoms with Gasteiger partial charge in [0.15, 0.2) is 6.10 Å². The lowest BCUT2D eigenvalue weighted by molar-refractivity contribution is -0.127. The molecule has 0 heterocycles. The van der Waals surface area contributed by atoms with Gasteiger partial charge in [0, 0.05) is 25.8 Å². The number of hydrogen-bond donors (Lipinski definition) is 2. The monoisotopic (exact) mass is 280 g/mol. The molecule has 0 spiro atoms. The summed E-state index contributed by atoms with van der Waals surface area (Å²) in [6.07, 6.45) is -0.538. The predicted molar refractivity (Wildman–Crippen MR) is 78.9 cm³/mol. The molecule has 0 aromatic heterocycles. The number of rotatable bonds is 8. The van der Waals surface area contributed by atoms with Crippen molar-refractivity contribution in [2.75, 3.05) is 27.3 Å². The maximum Gasteiger partial charge on any atom is 0.260 e. The summed E-state index contributed by atoms with van der Waals surface area (Å²) >= 11 is 0. The van der Waals surface area contributed by atoms with Crippen LogP contribution in [0.5, 0.6) is 5.75 Å². The number of carbonyl (C=O) groups excluding carboxylic acids is 1.